The molecule has 6 nitrogen and oxygen atoms in total. The maximum Gasteiger partial charge on any atom is 0.433 e. The molecule has 0 spiro atoms. The first-order valence-corrected chi connectivity index (χ1v) is 6.09. The Morgan fingerprint density at radius 2 is 2.11 bits per heavy atom. The number of carbonyl (C=O) groups is 1. The molecule has 0 saturated heterocycles. The standard InChI is InChI=1S/C12H9BrN2O4/c1-7-8(13)3-2-4-9(7)14-12(16)10-5-6-11(19-10)15(17)18/h2-6H,1H3,(H,14,16). The number of nitrogens with one attached hydrogen (secondary N) is 1. The van der Waals surface area contributed by atoms with Gasteiger partial charge < -0.3 is 9.73 Å². The van der Waals surface area contributed by atoms with E-state index in [0.29, 0.717) is 5.69 Å². The molecule has 19 heavy (non-hydrogen) atoms. The molecule has 2 aromatic rings. The summed E-state index contributed by atoms with van der Waals surface area (Å²) in [4.78, 5) is 21.6. The average Bonchev–Trinajstić information content (AvgIpc) is 2.84. The fraction of sp³-hybridized carbons (Fsp3) is 0.0833. The number of hydrogen-bond acceptors (Lipinski definition) is 4. The van der Waals surface area contributed by atoms with E-state index in [0.717, 1.165) is 16.1 Å². The van der Waals surface area contributed by atoms with Crippen molar-refractivity contribution in [2.24, 2.45) is 0 Å². The van der Waals surface area contributed by atoms with Crippen molar-refractivity contribution < 1.29 is 14.1 Å². The summed E-state index contributed by atoms with van der Waals surface area (Å²) < 4.78 is 5.68. The van der Waals surface area contributed by atoms with Gasteiger partial charge in [0.05, 0.1) is 6.07 Å². The topological polar surface area (TPSA) is 85.4 Å². The molecule has 7 heteroatoms. The lowest BCUT2D eigenvalue weighted by atomic mass is 10.2. The lowest BCUT2D eigenvalue weighted by molar-refractivity contribution is -0.402. The summed E-state index contributed by atoms with van der Waals surface area (Å²) in [5.74, 6) is -1.10. The molecular weight excluding hydrogens is 316 g/mol. The number of anilines is 1. The predicted octanol–water partition coefficient (Wildman–Crippen LogP) is 3.51. The van der Waals surface area contributed by atoms with Gasteiger partial charge in [0.2, 0.25) is 0 Å². The molecule has 0 saturated carbocycles. The molecule has 2 rings (SSSR count). The van der Waals surface area contributed by atoms with Gasteiger partial charge in [-0.3, -0.25) is 14.9 Å². The van der Waals surface area contributed by atoms with Crippen molar-refractivity contribution in [2.75, 3.05) is 5.32 Å². The second-order valence-corrected chi connectivity index (χ2v) is 4.62. The van der Waals surface area contributed by atoms with Crippen molar-refractivity contribution in [1.82, 2.24) is 0 Å². The van der Waals surface area contributed by atoms with Crippen LogP contribution in [0.2, 0.25) is 0 Å². The van der Waals surface area contributed by atoms with Crippen LogP contribution in [0.1, 0.15) is 16.1 Å². The first kappa shape index (κ1) is 13.3. The van der Waals surface area contributed by atoms with Gasteiger partial charge in [-0.15, -0.1) is 0 Å². The van der Waals surface area contributed by atoms with Crippen LogP contribution in [0, 0.1) is 17.0 Å². The first-order valence-electron chi connectivity index (χ1n) is 5.29. The largest absolute Gasteiger partial charge is 0.433 e. The van der Waals surface area contributed by atoms with E-state index in [4.69, 9.17) is 4.42 Å². The van der Waals surface area contributed by atoms with E-state index in [9.17, 15) is 14.9 Å². The number of furan rings is 1. The molecule has 0 fully saturated rings. The van der Waals surface area contributed by atoms with Crippen molar-refractivity contribution in [3.05, 3.63) is 56.2 Å². The molecule has 0 radical (unpaired) electrons. The number of carbonyl (C=O) groups excluding carboxylic acids is 1. The first-order chi connectivity index (χ1) is 8.99. The molecule has 0 bridgehead atoms. The van der Waals surface area contributed by atoms with Gasteiger partial charge in [0, 0.05) is 10.2 Å². The monoisotopic (exact) mass is 324 g/mol. The molecule has 1 N–H and O–H groups in total. The Kier molecular flexibility index (Phi) is 3.66. The number of hydrogen-bond donors (Lipinski definition) is 1. The van der Waals surface area contributed by atoms with Gasteiger partial charge in [0.25, 0.3) is 5.91 Å². The minimum absolute atomic E-state index is 0.105. The summed E-state index contributed by atoms with van der Waals surface area (Å²) in [5.41, 5.74) is 1.47. The Morgan fingerprint density at radius 3 is 2.74 bits per heavy atom. The normalized spacial score (nSPS) is 10.2. The fourth-order valence-corrected chi connectivity index (χ4v) is 1.84. The lowest BCUT2D eigenvalue weighted by Crippen LogP contribution is -2.11. The number of nitrogens with zero attached hydrogens (tertiary/aromatic N) is 1. The van der Waals surface area contributed by atoms with E-state index in [1.165, 1.54) is 6.07 Å². The van der Waals surface area contributed by atoms with Gasteiger partial charge in [-0.1, -0.05) is 22.0 Å². The van der Waals surface area contributed by atoms with Crippen LogP contribution < -0.4 is 5.32 Å². The van der Waals surface area contributed by atoms with Crippen LogP contribution in [0.15, 0.2) is 39.2 Å². The number of halogens is 1. The zero-order valence-corrected chi connectivity index (χ0v) is 11.4. The Labute approximate surface area is 116 Å². The Hall–Kier alpha value is -2.15. The molecule has 98 valence electrons. The smallest absolute Gasteiger partial charge is 0.395 e. The minimum atomic E-state index is -0.693. The second-order valence-electron chi connectivity index (χ2n) is 3.76. The molecule has 0 aliphatic carbocycles. The molecule has 1 amide bonds. The predicted molar refractivity (Wildman–Crippen MR) is 72.2 cm³/mol. The van der Waals surface area contributed by atoms with Crippen LogP contribution in [-0.2, 0) is 0 Å². The Morgan fingerprint density at radius 1 is 1.37 bits per heavy atom. The summed E-state index contributed by atoms with van der Waals surface area (Å²) in [6, 6.07) is 7.76. The van der Waals surface area contributed by atoms with Crippen LogP contribution in [0.25, 0.3) is 0 Å². The average molecular weight is 325 g/mol. The van der Waals surface area contributed by atoms with Crippen LogP contribution in [0.3, 0.4) is 0 Å². The second kappa shape index (κ2) is 5.23. The Balaban J connectivity index is 2.21. The summed E-state index contributed by atoms with van der Waals surface area (Å²) in [5, 5.41) is 13.1. The summed E-state index contributed by atoms with van der Waals surface area (Å²) in [6.45, 7) is 1.84. The highest BCUT2D eigenvalue weighted by atomic mass is 79.9. The van der Waals surface area contributed by atoms with E-state index in [1.54, 1.807) is 12.1 Å². The highest BCUT2D eigenvalue weighted by molar-refractivity contribution is 9.10. The van der Waals surface area contributed by atoms with E-state index >= 15 is 0 Å². The maximum absolute atomic E-state index is 11.9. The third kappa shape index (κ3) is 2.82. The molecule has 1 aromatic carbocycles. The minimum Gasteiger partial charge on any atom is -0.395 e. The van der Waals surface area contributed by atoms with Crippen LogP contribution in [0.5, 0.6) is 0 Å². The van der Waals surface area contributed by atoms with Gasteiger partial charge in [-0.2, -0.15) is 0 Å². The number of benzene rings is 1. The van der Waals surface area contributed by atoms with E-state index < -0.39 is 16.7 Å². The zero-order valence-electron chi connectivity index (χ0n) is 9.84. The number of nitro groups is 1. The molecule has 0 unspecified atom stereocenters. The third-order valence-corrected chi connectivity index (χ3v) is 3.37. The van der Waals surface area contributed by atoms with Crippen molar-refractivity contribution in [2.45, 2.75) is 6.92 Å². The van der Waals surface area contributed by atoms with Crippen molar-refractivity contribution in [3.8, 4) is 0 Å². The quantitative estimate of drug-likeness (QED) is 0.691. The molecule has 1 aromatic heterocycles. The Bertz CT molecular complexity index is 651. The maximum atomic E-state index is 11.9. The van der Waals surface area contributed by atoms with Crippen molar-refractivity contribution >= 4 is 33.4 Å². The highest BCUT2D eigenvalue weighted by Crippen LogP contribution is 2.24. The summed E-state index contributed by atoms with van der Waals surface area (Å²) in [6.07, 6.45) is 0. The van der Waals surface area contributed by atoms with Crippen LogP contribution in [0.4, 0.5) is 11.6 Å². The van der Waals surface area contributed by atoms with Gasteiger partial charge in [-0.25, -0.2) is 0 Å². The van der Waals surface area contributed by atoms with Crippen molar-refractivity contribution in [3.63, 3.8) is 0 Å². The SMILES string of the molecule is Cc1c(Br)cccc1NC(=O)c1ccc([N+](=O)[O-])o1. The summed E-state index contributed by atoms with van der Waals surface area (Å²) >= 11 is 3.35. The fourth-order valence-electron chi connectivity index (χ4n) is 1.47. The van der Waals surface area contributed by atoms with Crippen LogP contribution in [-0.4, -0.2) is 10.8 Å². The molecule has 0 atom stereocenters. The van der Waals surface area contributed by atoms with Gasteiger partial charge in [0.1, 0.15) is 4.92 Å². The van der Waals surface area contributed by atoms with E-state index in [1.807, 2.05) is 13.0 Å². The van der Waals surface area contributed by atoms with E-state index in [2.05, 4.69) is 21.2 Å². The summed E-state index contributed by atoms with van der Waals surface area (Å²) in [7, 11) is 0. The van der Waals surface area contributed by atoms with Crippen molar-refractivity contribution in [1.29, 1.82) is 0 Å². The van der Waals surface area contributed by atoms with Crippen LogP contribution >= 0.6 is 15.9 Å². The van der Waals surface area contributed by atoms with Gasteiger partial charge in [0.15, 0.2) is 5.76 Å². The molecule has 0 aliphatic rings. The van der Waals surface area contributed by atoms with E-state index in [-0.39, 0.29) is 5.76 Å². The molecule has 1 heterocycles. The zero-order chi connectivity index (χ0) is 14.0. The molecular formula is C12H9BrN2O4. The van der Waals surface area contributed by atoms with Gasteiger partial charge in [-0.05, 0) is 30.7 Å². The number of rotatable bonds is 3. The van der Waals surface area contributed by atoms with Gasteiger partial charge >= 0.3 is 5.88 Å². The third-order valence-electron chi connectivity index (χ3n) is 2.51. The number of amides is 1. The molecule has 0 aliphatic heterocycles. The lowest BCUT2D eigenvalue weighted by Gasteiger charge is -2.07. The highest BCUT2D eigenvalue weighted by Gasteiger charge is 2.17.